The van der Waals surface area contributed by atoms with Crippen molar-refractivity contribution in [2.75, 3.05) is 4.90 Å². The highest BCUT2D eigenvalue weighted by Crippen LogP contribution is 2.33. The second kappa shape index (κ2) is 12.9. The molecule has 0 spiro atoms. The molecule has 5 aromatic carbocycles. The summed E-state index contributed by atoms with van der Waals surface area (Å²) in [5, 5.41) is 0. The van der Waals surface area contributed by atoms with Crippen LogP contribution in [-0.4, -0.2) is 0 Å². The number of hydrogen-bond acceptors (Lipinski definition) is 1. The number of para-hydroxylation sites is 2. The summed E-state index contributed by atoms with van der Waals surface area (Å²) in [5.41, 5.74) is 7.00. The Morgan fingerprint density at radius 1 is 0.282 bits per heavy atom. The largest absolute Gasteiger partial charge is 0.311 e. The highest BCUT2D eigenvalue weighted by molar-refractivity contribution is 5.76. The summed E-state index contributed by atoms with van der Waals surface area (Å²) in [6, 6.07) is 46.7. The third kappa shape index (κ3) is 7.10. The predicted molar refractivity (Wildman–Crippen MR) is 162 cm³/mol. The van der Waals surface area contributed by atoms with Crippen LogP contribution in [0, 0.1) is 47.4 Å². The van der Waals surface area contributed by atoms with Gasteiger partial charge < -0.3 is 4.90 Å². The summed E-state index contributed by atoms with van der Waals surface area (Å²) >= 11 is 0. The van der Waals surface area contributed by atoms with Crippen LogP contribution in [0.5, 0.6) is 0 Å². The summed E-state index contributed by atoms with van der Waals surface area (Å²) in [6.07, 6.45) is 0. The summed E-state index contributed by atoms with van der Waals surface area (Å²) in [6.45, 7) is 0. The lowest BCUT2D eigenvalue weighted by Gasteiger charge is -2.25. The molecule has 0 N–H and O–H groups in total. The maximum absolute atomic E-state index is 3.26. The maximum atomic E-state index is 3.26. The fourth-order valence-corrected chi connectivity index (χ4v) is 3.87. The second-order valence-electron chi connectivity index (χ2n) is 8.50. The third-order valence-electron chi connectivity index (χ3n) is 5.77. The van der Waals surface area contributed by atoms with Crippen molar-refractivity contribution in [3.63, 3.8) is 0 Å². The van der Waals surface area contributed by atoms with Crippen LogP contribution in [0.3, 0.4) is 0 Å². The Morgan fingerprint density at radius 3 is 1.08 bits per heavy atom. The van der Waals surface area contributed by atoms with E-state index < -0.39 is 0 Å². The van der Waals surface area contributed by atoms with Crippen LogP contribution in [0.4, 0.5) is 17.1 Å². The van der Waals surface area contributed by atoms with Crippen molar-refractivity contribution in [1.82, 2.24) is 0 Å². The summed E-state index contributed by atoms with van der Waals surface area (Å²) in [4.78, 5) is 2.23. The first-order valence-electron chi connectivity index (χ1n) is 12.5. The van der Waals surface area contributed by atoms with Gasteiger partial charge in [-0.3, -0.25) is 0 Å². The molecule has 0 fully saturated rings. The number of anilines is 3. The number of rotatable bonds is 3. The minimum absolute atomic E-state index is 0.886. The fourth-order valence-electron chi connectivity index (χ4n) is 3.87. The number of nitrogens with zero attached hydrogens (tertiary/aromatic N) is 1. The van der Waals surface area contributed by atoms with Gasteiger partial charge in [0.05, 0.1) is 0 Å². The van der Waals surface area contributed by atoms with E-state index in [2.05, 4.69) is 125 Å². The van der Waals surface area contributed by atoms with E-state index in [0.717, 1.165) is 39.3 Å². The molecule has 0 saturated carbocycles. The van der Waals surface area contributed by atoms with E-state index in [4.69, 9.17) is 0 Å². The van der Waals surface area contributed by atoms with Crippen LogP contribution >= 0.6 is 0 Å². The van der Waals surface area contributed by atoms with Crippen LogP contribution in [0.25, 0.3) is 0 Å². The predicted octanol–water partition coefficient (Wildman–Crippen LogP) is 7.96. The van der Waals surface area contributed by atoms with Gasteiger partial charge in [-0.15, -0.1) is 0 Å². The van der Waals surface area contributed by atoms with Gasteiger partial charge in [0, 0.05) is 39.3 Å². The van der Waals surface area contributed by atoms with Gasteiger partial charge in [0.2, 0.25) is 0 Å². The molecule has 0 heterocycles. The second-order valence-corrected chi connectivity index (χ2v) is 8.50. The Bertz CT molecular complexity index is 1730. The van der Waals surface area contributed by atoms with Crippen LogP contribution in [0.2, 0.25) is 0 Å². The first-order chi connectivity index (χ1) is 19.3. The van der Waals surface area contributed by atoms with Crippen molar-refractivity contribution >= 4 is 17.1 Å². The van der Waals surface area contributed by atoms with Gasteiger partial charge in [0.1, 0.15) is 0 Å². The zero-order chi connectivity index (χ0) is 26.5. The van der Waals surface area contributed by atoms with Gasteiger partial charge >= 0.3 is 0 Å². The molecule has 5 aromatic rings. The lowest BCUT2D eigenvalue weighted by Crippen LogP contribution is -2.09. The molecule has 39 heavy (non-hydrogen) atoms. The molecular weight excluding hydrogens is 470 g/mol. The van der Waals surface area contributed by atoms with Crippen molar-refractivity contribution in [1.29, 1.82) is 0 Å². The van der Waals surface area contributed by atoms with Crippen LogP contribution in [0.15, 0.2) is 140 Å². The van der Waals surface area contributed by atoms with E-state index in [1.54, 1.807) is 0 Å². The van der Waals surface area contributed by atoms with Crippen LogP contribution in [0.1, 0.15) is 22.3 Å². The van der Waals surface area contributed by atoms with E-state index in [1.807, 2.05) is 66.7 Å². The summed E-state index contributed by atoms with van der Waals surface area (Å²) in [7, 11) is 0. The smallest absolute Gasteiger partial charge is 0.0462 e. The van der Waals surface area contributed by atoms with E-state index >= 15 is 0 Å². The zero-order valence-corrected chi connectivity index (χ0v) is 21.2. The van der Waals surface area contributed by atoms with Crippen molar-refractivity contribution in [2.45, 2.75) is 0 Å². The molecule has 0 aliphatic rings. The molecule has 5 rings (SSSR count). The van der Waals surface area contributed by atoms with E-state index in [9.17, 15) is 0 Å². The maximum Gasteiger partial charge on any atom is 0.0462 e. The molecule has 0 unspecified atom stereocenters. The molecule has 1 heteroatoms. The Balaban J connectivity index is 1.25. The standard InChI is InChI=1S/C38H23N/c1(6-14-32-15-8-3-9-16-32)2-7-17-33-22-24-34(25-23-33)26-27-35-28-30-38(31-29-35)39(36-18-10-4-11-19-36)37-20-12-5-13-21-37/h3-5,8-13,15-16,18-25,28-31H. The Hall–Kier alpha value is -5.86. The molecule has 0 aromatic heterocycles. The van der Waals surface area contributed by atoms with E-state index in [-0.39, 0.29) is 0 Å². The Morgan fingerprint density at radius 2 is 0.615 bits per heavy atom. The van der Waals surface area contributed by atoms with E-state index in [0.29, 0.717) is 0 Å². The lowest BCUT2D eigenvalue weighted by molar-refractivity contribution is 1.28. The van der Waals surface area contributed by atoms with Crippen molar-refractivity contribution in [2.24, 2.45) is 0 Å². The summed E-state index contributed by atoms with van der Waals surface area (Å²) < 4.78 is 0. The molecule has 0 bridgehead atoms. The normalized spacial score (nSPS) is 9.23. The monoisotopic (exact) mass is 493 g/mol. The topological polar surface area (TPSA) is 3.24 Å². The van der Waals surface area contributed by atoms with E-state index in [1.165, 1.54) is 0 Å². The zero-order valence-electron chi connectivity index (χ0n) is 21.2. The van der Waals surface area contributed by atoms with Crippen LogP contribution in [-0.2, 0) is 0 Å². The molecule has 0 atom stereocenters. The minimum atomic E-state index is 0.886. The molecular formula is C38H23N. The Labute approximate surface area is 230 Å². The van der Waals surface area contributed by atoms with Crippen molar-refractivity contribution in [3.05, 3.63) is 162 Å². The van der Waals surface area contributed by atoms with Gasteiger partial charge in [0.15, 0.2) is 0 Å². The van der Waals surface area contributed by atoms with Gasteiger partial charge in [0.25, 0.3) is 0 Å². The van der Waals surface area contributed by atoms with Gasteiger partial charge in [-0.2, -0.15) is 0 Å². The van der Waals surface area contributed by atoms with Gasteiger partial charge in [-0.1, -0.05) is 78.3 Å². The molecule has 0 aliphatic carbocycles. The van der Waals surface area contributed by atoms with Gasteiger partial charge in [-0.25, -0.2) is 0 Å². The molecule has 0 aliphatic heterocycles. The molecule has 0 saturated heterocycles. The first-order valence-corrected chi connectivity index (χ1v) is 12.5. The van der Waals surface area contributed by atoms with Crippen LogP contribution < -0.4 is 4.90 Å². The average molecular weight is 494 g/mol. The molecule has 180 valence electrons. The highest BCUT2D eigenvalue weighted by Gasteiger charge is 2.11. The SMILES string of the molecule is C(#CC#Cc1ccc(C#Cc2ccc(N(c3ccccc3)c3ccccc3)cc2)cc1)C#Cc1ccccc1. The molecule has 1 nitrogen and oxygen atoms in total. The lowest BCUT2D eigenvalue weighted by atomic mass is 10.1. The average Bonchev–Trinajstić information content (AvgIpc) is 3.01. The minimum Gasteiger partial charge on any atom is -0.311 e. The van der Waals surface area contributed by atoms with Crippen molar-refractivity contribution in [3.8, 4) is 47.4 Å². The molecule has 0 radical (unpaired) electrons. The molecule has 0 amide bonds. The quantitative estimate of drug-likeness (QED) is 0.230. The number of hydrogen-bond donors (Lipinski definition) is 0. The number of benzene rings is 5. The fraction of sp³-hybridized carbons (Fsp3) is 0. The summed E-state index contributed by atoms with van der Waals surface area (Å²) in [5.74, 6) is 23.8. The van der Waals surface area contributed by atoms with Crippen molar-refractivity contribution < 1.29 is 0 Å². The third-order valence-corrected chi connectivity index (χ3v) is 5.77. The Kier molecular flexibility index (Phi) is 8.21. The highest BCUT2D eigenvalue weighted by atomic mass is 15.1. The first kappa shape index (κ1) is 24.8. The van der Waals surface area contributed by atoms with Gasteiger partial charge in [-0.05, 0) is 109 Å².